The largest absolute Gasteiger partial charge is 0.417 e. The Kier molecular flexibility index (Phi) is 6.96. The summed E-state index contributed by atoms with van der Waals surface area (Å²) in [5.41, 5.74) is 8.75. The molecule has 4 aromatic rings. The molecular formula is C30H24ClF3N6O. The average molecular weight is 577 g/mol. The van der Waals surface area contributed by atoms with Crippen LogP contribution < -0.4 is 11.1 Å². The van der Waals surface area contributed by atoms with E-state index in [0.717, 1.165) is 12.5 Å². The van der Waals surface area contributed by atoms with Crippen LogP contribution >= 0.6 is 11.6 Å². The number of carbonyl (C=O) groups excluding carboxylic acids is 1. The summed E-state index contributed by atoms with van der Waals surface area (Å²) in [4.78, 5) is 28.2. The standard InChI is InChI=1S/C30H24ClF3N6O/c31-19-7-10-22-24(13-19)27(23-3-1-2-4-25(23)30(32,33)34)36-14-18-15-37-29(39-26(18)22)38-21-8-5-17(6-9-21)28(41)40-12-11-20(35)16-40/h1-10,13,15,20H,11-12,14,16,35H2,(H,37,38,39). The van der Waals surface area contributed by atoms with Gasteiger partial charge in [-0.3, -0.25) is 9.79 Å². The molecule has 1 unspecified atom stereocenters. The molecule has 3 aromatic carbocycles. The number of hydrogen-bond acceptors (Lipinski definition) is 6. The lowest BCUT2D eigenvalue weighted by molar-refractivity contribution is -0.137. The molecule has 0 bridgehead atoms. The van der Waals surface area contributed by atoms with E-state index in [0.29, 0.717) is 51.7 Å². The highest BCUT2D eigenvalue weighted by Gasteiger charge is 2.35. The van der Waals surface area contributed by atoms with Gasteiger partial charge in [-0.25, -0.2) is 9.97 Å². The first-order valence-electron chi connectivity index (χ1n) is 13.0. The van der Waals surface area contributed by atoms with Crippen LogP contribution in [0.3, 0.4) is 0 Å². The molecule has 0 radical (unpaired) electrons. The van der Waals surface area contributed by atoms with Gasteiger partial charge in [0.05, 0.1) is 23.5 Å². The quantitative estimate of drug-likeness (QED) is 0.307. The van der Waals surface area contributed by atoms with Gasteiger partial charge in [0.2, 0.25) is 5.95 Å². The second-order valence-corrected chi connectivity index (χ2v) is 10.4. The Labute approximate surface area is 238 Å². The molecule has 6 rings (SSSR count). The van der Waals surface area contributed by atoms with Crippen molar-refractivity contribution in [2.24, 2.45) is 10.7 Å². The molecule has 3 heterocycles. The molecule has 3 N–H and O–H groups in total. The van der Waals surface area contributed by atoms with E-state index in [1.165, 1.54) is 12.1 Å². The fourth-order valence-electron chi connectivity index (χ4n) is 5.13. The van der Waals surface area contributed by atoms with Crippen molar-refractivity contribution in [2.45, 2.75) is 25.2 Å². The van der Waals surface area contributed by atoms with Gasteiger partial charge in [-0.1, -0.05) is 35.9 Å². The van der Waals surface area contributed by atoms with Gasteiger partial charge < -0.3 is 16.0 Å². The van der Waals surface area contributed by atoms with Crippen molar-refractivity contribution in [1.82, 2.24) is 14.9 Å². The number of rotatable bonds is 4. The maximum atomic E-state index is 13.9. The monoisotopic (exact) mass is 576 g/mol. The van der Waals surface area contributed by atoms with Crippen molar-refractivity contribution in [1.29, 1.82) is 0 Å². The van der Waals surface area contributed by atoms with Crippen molar-refractivity contribution in [3.05, 3.63) is 106 Å². The molecule has 41 heavy (non-hydrogen) atoms. The van der Waals surface area contributed by atoms with Gasteiger partial charge in [-0.05, 0) is 48.9 Å². The number of likely N-dealkylation sites (tertiary alicyclic amines) is 1. The van der Waals surface area contributed by atoms with Gasteiger partial charge >= 0.3 is 6.18 Å². The predicted molar refractivity (Wildman–Crippen MR) is 151 cm³/mol. The van der Waals surface area contributed by atoms with Crippen molar-refractivity contribution in [3.8, 4) is 11.3 Å². The SMILES string of the molecule is NC1CCN(C(=O)c2ccc(Nc3ncc4c(n3)-c3ccc(Cl)cc3C(c3ccccc3C(F)(F)F)=NC4)cc2)C1. The number of aromatic nitrogens is 2. The second kappa shape index (κ2) is 10.6. The zero-order chi connectivity index (χ0) is 28.7. The maximum absolute atomic E-state index is 13.9. The summed E-state index contributed by atoms with van der Waals surface area (Å²) in [6.45, 7) is 1.27. The minimum absolute atomic E-state index is 0.00673. The van der Waals surface area contributed by atoms with E-state index in [1.807, 2.05) is 0 Å². The number of amides is 1. The summed E-state index contributed by atoms with van der Waals surface area (Å²) in [5.74, 6) is 0.220. The number of benzene rings is 3. The number of fused-ring (bicyclic) bond motifs is 3. The van der Waals surface area contributed by atoms with E-state index < -0.39 is 11.7 Å². The number of nitrogens with two attached hydrogens (primary N) is 1. The first kappa shape index (κ1) is 26.9. The fourth-order valence-corrected chi connectivity index (χ4v) is 5.30. The highest BCUT2D eigenvalue weighted by molar-refractivity contribution is 6.31. The summed E-state index contributed by atoms with van der Waals surface area (Å²) >= 11 is 6.31. The molecule has 11 heteroatoms. The number of hydrogen-bond donors (Lipinski definition) is 2. The minimum Gasteiger partial charge on any atom is -0.337 e. The van der Waals surface area contributed by atoms with E-state index >= 15 is 0 Å². The smallest absolute Gasteiger partial charge is 0.337 e. The summed E-state index contributed by atoms with van der Waals surface area (Å²) in [5, 5.41) is 3.52. The van der Waals surface area contributed by atoms with Crippen LogP contribution in [-0.2, 0) is 12.7 Å². The van der Waals surface area contributed by atoms with E-state index in [1.54, 1.807) is 59.6 Å². The van der Waals surface area contributed by atoms with Gasteiger partial charge in [0.1, 0.15) is 0 Å². The first-order chi connectivity index (χ1) is 19.7. The van der Waals surface area contributed by atoms with Crippen molar-refractivity contribution in [2.75, 3.05) is 18.4 Å². The normalized spacial score (nSPS) is 16.5. The molecule has 1 fully saturated rings. The number of aliphatic imine (C=N–C) groups is 1. The summed E-state index contributed by atoms with van der Waals surface area (Å²) in [7, 11) is 0. The second-order valence-electron chi connectivity index (χ2n) is 9.97. The lowest BCUT2D eigenvalue weighted by Gasteiger charge is -2.16. The van der Waals surface area contributed by atoms with Crippen LogP contribution in [0.15, 0.2) is 77.9 Å². The van der Waals surface area contributed by atoms with Gasteiger partial charge in [0.15, 0.2) is 0 Å². The predicted octanol–water partition coefficient (Wildman–Crippen LogP) is 6.08. The molecule has 0 saturated carbocycles. The molecular weight excluding hydrogens is 553 g/mol. The highest BCUT2D eigenvalue weighted by Crippen LogP contribution is 2.38. The summed E-state index contributed by atoms with van der Waals surface area (Å²) in [6.07, 6.45) is -2.16. The number of carbonyl (C=O) groups is 1. The summed E-state index contributed by atoms with van der Waals surface area (Å²) in [6, 6.07) is 17.4. The lowest BCUT2D eigenvalue weighted by atomic mass is 9.92. The molecule has 1 atom stereocenters. The van der Waals surface area contributed by atoms with Crippen LogP contribution in [0.5, 0.6) is 0 Å². The van der Waals surface area contributed by atoms with E-state index in [2.05, 4.69) is 15.3 Å². The van der Waals surface area contributed by atoms with Gasteiger partial charge in [0.25, 0.3) is 5.91 Å². The Bertz CT molecular complexity index is 1670. The number of nitrogens with zero attached hydrogens (tertiary/aromatic N) is 4. The van der Waals surface area contributed by atoms with E-state index in [9.17, 15) is 18.0 Å². The molecule has 1 amide bonds. The molecule has 0 aliphatic carbocycles. The number of nitrogens with one attached hydrogen (secondary N) is 1. The third-order valence-corrected chi connectivity index (χ3v) is 7.39. The third kappa shape index (κ3) is 5.40. The zero-order valence-electron chi connectivity index (χ0n) is 21.6. The van der Waals surface area contributed by atoms with E-state index in [-0.39, 0.29) is 35.7 Å². The van der Waals surface area contributed by atoms with Crippen molar-refractivity contribution in [3.63, 3.8) is 0 Å². The Morgan fingerprint density at radius 2 is 1.80 bits per heavy atom. The number of anilines is 2. The molecule has 2 aliphatic heterocycles. The highest BCUT2D eigenvalue weighted by atomic mass is 35.5. The topological polar surface area (TPSA) is 96.5 Å². The summed E-state index contributed by atoms with van der Waals surface area (Å²) < 4.78 is 41.7. The van der Waals surface area contributed by atoms with Gasteiger partial charge in [-0.2, -0.15) is 13.2 Å². The molecule has 0 spiro atoms. The van der Waals surface area contributed by atoms with Gasteiger partial charge in [-0.15, -0.1) is 0 Å². The van der Waals surface area contributed by atoms with Crippen LogP contribution in [0.2, 0.25) is 5.02 Å². The van der Waals surface area contributed by atoms with E-state index in [4.69, 9.17) is 22.3 Å². The maximum Gasteiger partial charge on any atom is 0.417 e. The van der Waals surface area contributed by atoms with Crippen molar-refractivity contribution < 1.29 is 18.0 Å². The van der Waals surface area contributed by atoms with Crippen LogP contribution in [0, 0.1) is 0 Å². The Hall–Kier alpha value is -4.28. The number of alkyl halides is 3. The lowest BCUT2D eigenvalue weighted by Crippen LogP contribution is -2.31. The number of halogens is 4. The van der Waals surface area contributed by atoms with Crippen LogP contribution in [0.1, 0.15) is 39.0 Å². The minimum atomic E-state index is -4.56. The third-order valence-electron chi connectivity index (χ3n) is 7.15. The first-order valence-corrected chi connectivity index (χ1v) is 13.3. The van der Waals surface area contributed by atoms with Crippen LogP contribution in [0.25, 0.3) is 11.3 Å². The molecule has 1 saturated heterocycles. The van der Waals surface area contributed by atoms with Crippen LogP contribution in [0.4, 0.5) is 24.8 Å². The average Bonchev–Trinajstić information content (AvgIpc) is 3.33. The van der Waals surface area contributed by atoms with Gasteiger partial charge in [0, 0.05) is 63.9 Å². The Balaban J connectivity index is 1.32. The fraction of sp³-hybridized carbons (Fsp3) is 0.200. The molecule has 2 aliphatic rings. The van der Waals surface area contributed by atoms with Crippen LogP contribution in [-0.4, -0.2) is 45.6 Å². The molecule has 7 nitrogen and oxygen atoms in total. The van der Waals surface area contributed by atoms with Crippen molar-refractivity contribution >= 4 is 34.9 Å². The zero-order valence-corrected chi connectivity index (χ0v) is 22.4. The molecule has 208 valence electrons. The Morgan fingerprint density at radius 1 is 1.02 bits per heavy atom. The Morgan fingerprint density at radius 3 is 2.54 bits per heavy atom. The molecule has 1 aromatic heterocycles.